The predicted molar refractivity (Wildman–Crippen MR) is 130 cm³/mol. The number of carbonyl (C=O) groups is 1. The number of aryl methyl sites for hydroxylation is 2. The molecule has 5 rings (SSSR count). The van der Waals surface area contributed by atoms with E-state index in [1.54, 1.807) is 29.9 Å². The van der Waals surface area contributed by atoms with Crippen molar-refractivity contribution < 1.29 is 9.18 Å². The highest BCUT2D eigenvalue weighted by molar-refractivity contribution is 5.94. The van der Waals surface area contributed by atoms with E-state index in [9.17, 15) is 9.18 Å². The highest BCUT2D eigenvalue weighted by Gasteiger charge is 2.26. The predicted octanol–water partition coefficient (Wildman–Crippen LogP) is 3.28. The number of anilines is 2. The van der Waals surface area contributed by atoms with E-state index in [1.807, 2.05) is 17.9 Å². The molecule has 0 unspecified atom stereocenters. The van der Waals surface area contributed by atoms with E-state index < -0.39 is 0 Å². The number of hydrogen-bond acceptors (Lipinski definition) is 6. The van der Waals surface area contributed by atoms with Crippen LogP contribution in [0, 0.1) is 12.7 Å². The van der Waals surface area contributed by atoms with Crippen molar-refractivity contribution in [3.05, 3.63) is 53.6 Å². The summed E-state index contributed by atoms with van der Waals surface area (Å²) in [6.45, 7) is 6.68. The van der Waals surface area contributed by atoms with Gasteiger partial charge in [0.05, 0.1) is 5.69 Å². The lowest BCUT2D eigenvalue weighted by atomic mass is 10.1. The molecule has 2 aliphatic rings. The fraction of sp³-hybridized carbons (Fsp3) is 0.440. The van der Waals surface area contributed by atoms with Gasteiger partial charge >= 0.3 is 0 Å². The highest BCUT2D eigenvalue weighted by atomic mass is 19.1. The van der Waals surface area contributed by atoms with Crippen molar-refractivity contribution in [1.82, 2.24) is 24.6 Å². The lowest BCUT2D eigenvalue weighted by Gasteiger charge is -2.36. The quantitative estimate of drug-likeness (QED) is 0.592. The van der Waals surface area contributed by atoms with Crippen molar-refractivity contribution in [2.24, 2.45) is 7.05 Å². The number of piperazine rings is 1. The molecule has 34 heavy (non-hydrogen) atoms. The summed E-state index contributed by atoms with van der Waals surface area (Å²) in [6.07, 6.45) is 3.64. The third-order valence-electron chi connectivity index (χ3n) is 6.60. The van der Waals surface area contributed by atoms with Crippen LogP contribution in [-0.2, 0) is 7.05 Å². The zero-order valence-electron chi connectivity index (χ0n) is 19.7. The molecule has 0 N–H and O–H groups in total. The molecule has 2 fully saturated rings. The number of piperidine rings is 1. The van der Waals surface area contributed by atoms with Gasteiger partial charge in [0.25, 0.3) is 5.91 Å². The van der Waals surface area contributed by atoms with E-state index in [-0.39, 0.29) is 11.7 Å². The minimum Gasteiger partial charge on any atom is -0.353 e. The van der Waals surface area contributed by atoms with Crippen molar-refractivity contribution in [3.8, 4) is 11.3 Å². The second kappa shape index (κ2) is 9.40. The zero-order valence-corrected chi connectivity index (χ0v) is 19.7. The van der Waals surface area contributed by atoms with E-state index in [1.165, 1.54) is 31.4 Å². The number of nitrogens with zero attached hydrogens (tertiary/aromatic N) is 7. The Balaban J connectivity index is 1.26. The number of aromatic nitrogens is 4. The van der Waals surface area contributed by atoms with Crippen LogP contribution in [0.4, 0.5) is 16.2 Å². The molecular formula is C25H30FN7O. The average molecular weight is 464 g/mol. The molecule has 0 radical (unpaired) electrons. The van der Waals surface area contributed by atoms with E-state index >= 15 is 0 Å². The Bertz CT molecular complexity index is 1160. The molecule has 0 bridgehead atoms. The third kappa shape index (κ3) is 4.60. The van der Waals surface area contributed by atoms with Gasteiger partial charge in [-0.05, 0) is 56.5 Å². The molecule has 2 aromatic heterocycles. The van der Waals surface area contributed by atoms with E-state index in [4.69, 9.17) is 4.98 Å². The van der Waals surface area contributed by atoms with Gasteiger partial charge in [-0.3, -0.25) is 9.48 Å². The number of amides is 1. The maximum absolute atomic E-state index is 13.3. The lowest BCUT2D eigenvalue weighted by Crippen LogP contribution is -2.49. The van der Waals surface area contributed by atoms with Gasteiger partial charge in [-0.25, -0.2) is 9.37 Å². The number of benzene rings is 1. The van der Waals surface area contributed by atoms with Crippen LogP contribution in [-0.4, -0.2) is 69.8 Å². The van der Waals surface area contributed by atoms with E-state index in [0.717, 1.165) is 36.1 Å². The molecular weight excluding hydrogens is 433 g/mol. The number of carbonyl (C=O) groups excluding carboxylic acids is 1. The fourth-order valence-corrected chi connectivity index (χ4v) is 4.66. The van der Waals surface area contributed by atoms with Crippen LogP contribution < -0.4 is 9.80 Å². The van der Waals surface area contributed by atoms with Gasteiger partial charge in [-0.1, -0.05) is 0 Å². The van der Waals surface area contributed by atoms with E-state index in [0.29, 0.717) is 37.6 Å². The van der Waals surface area contributed by atoms with Gasteiger partial charge in [0.2, 0.25) is 5.95 Å². The SMILES string of the molecule is Cc1cc(N2CCN(C(=O)c3cc(-c4ccc(F)cc4)nn3C)CC2)nc(N2CCCCC2)n1. The molecule has 0 aliphatic carbocycles. The van der Waals surface area contributed by atoms with Gasteiger partial charge in [0, 0.05) is 63.6 Å². The minimum atomic E-state index is -0.296. The topological polar surface area (TPSA) is 70.4 Å². The van der Waals surface area contributed by atoms with Gasteiger partial charge in [-0.2, -0.15) is 10.1 Å². The monoisotopic (exact) mass is 463 g/mol. The first-order chi connectivity index (χ1) is 16.5. The maximum atomic E-state index is 13.3. The van der Waals surface area contributed by atoms with E-state index in [2.05, 4.69) is 19.9 Å². The number of rotatable bonds is 4. The molecule has 4 heterocycles. The summed E-state index contributed by atoms with van der Waals surface area (Å²) in [5, 5.41) is 4.47. The summed E-state index contributed by atoms with van der Waals surface area (Å²) in [7, 11) is 1.77. The molecule has 9 heteroatoms. The van der Waals surface area contributed by atoms with Crippen molar-refractivity contribution in [1.29, 1.82) is 0 Å². The second-order valence-electron chi connectivity index (χ2n) is 9.04. The Hall–Kier alpha value is -3.49. The van der Waals surface area contributed by atoms with Crippen LogP contribution in [0.2, 0.25) is 0 Å². The summed E-state index contributed by atoms with van der Waals surface area (Å²) < 4.78 is 14.9. The first kappa shape index (κ1) is 22.3. The summed E-state index contributed by atoms with van der Waals surface area (Å²) in [4.78, 5) is 29.1. The van der Waals surface area contributed by atoms with Crippen LogP contribution >= 0.6 is 0 Å². The standard InChI is InChI=1S/C25H30FN7O/c1-18-16-23(28-25(27-18)33-10-4-3-5-11-33)31-12-14-32(15-13-31)24(34)22-17-21(29-30(22)2)19-6-8-20(26)9-7-19/h6-9,16-17H,3-5,10-15H2,1-2H3. The minimum absolute atomic E-state index is 0.0455. The molecule has 2 aliphatic heterocycles. The zero-order chi connectivity index (χ0) is 23.7. The molecule has 0 spiro atoms. The van der Waals surface area contributed by atoms with Gasteiger partial charge in [0.1, 0.15) is 17.3 Å². The van der Waals surface area contributed by atoms with Crippen LogP contribution in [0.3, 0.4) is 0 Å². The Morgan fingerprint density at radius 2 is 1.59 bits per heavy atom. The fourth-order valence-electron chi connectivity index (χ4n) is 4.66. The second-order valence-corrected chi connectivity index (χ2v) is 9.04. The molecule has 0 atom stereocenters. The summed E-state index contributed by atoms with van der Waals surface area (Å²) >= 11 is 0. The maximum Gasteiger partial charge on any atom is 0.272 e. The molecule has 1 aromatic carbocycles. The number of hydrogen-bond donors (Lipinski definition) is 0. The van der Waals surface area contributed by atoms with Gasteiger partial charge in [0.15, 0.2) is 0 Å². The van der Waals surface area contributed by atoms with Crippen LogP contribution in [0.1, 0.15) is 35.4 Å². The smallest absolute Gasteiger partial charge is 0.272 e. The van der Waals surface area contributed by atoms with Gasteiger partial charge in [-0.15, -0.1) is 0 Å². The Morgan fingerprint density at radius 3 is 2.29 bits per heavy atom. The first-order valence-electron chi connectivity index (χ1n) is 11.9. The third-order valence-corrected chi connectivity index (χ3v) is 6.60. The van der Waals surface area contributed by atoms with Gasteiger partial charge < -0.3 is 14.7 Å². The van der Waals surface area contributed by atoms with Crippen molar-refractivity contribution >= 4 is 17.7 Å². The molecule has 0 saturated carbocycles. The van der Waals surface area contributed by atoms with Crippen molar-refractivity contribution in [2.45, 2.75) is 26.2 Å². The summed E-state index contributed by atoms with van der Waals surface area (Å²) in [6, 6.07) is 9.95. The molecule has 178 valence electrons. The molecule has 3 aromatic rings. The van der Waals surface area contributed by atoms with Crippen LogP contribution in [0.5, 0.6) is 0 Å². The molecule has 2 saturated heterocycles. The van der Waals surface area contributed by atoms with Crippen LogP contribution in [0.25, 0.3) is 11.3 Å². The van der Waals surface area contributed by atoms with Crippen molar-refractivity contribution in [2.75, 3.05) is 49.1 Å². The normalized spacial score (nSPS) is 16.7. The summed E-state index contributed by atoms with van der Waals surface area (Å²) in [5.74, 6) is 1.40. The molecule has 1 amide bonds. The lowest BCUT2D eigenvalue weighted by molar-refractivity contribution is 0.0735. The highest BCUT2D eigenvalue weighted by Crippen LogP contribution is 2.23. The Morgan fingerprint density at radius 1 is 0.882 bits per heavy atom. The summed E-state index contributed by atoms with van der Waals surface area (Å²) in [5.41, 5.74) is 2.93. The largest absolute Gasteiger partial charge is 0.353 e. The number of halogens is 1. The first-order valence-corrected chi connectivity index (χ1v) is 11.9. The van der Waals surface area contributed by atoms with Crippen molar-refractivity contribution in [3.63, 3.8) is 0 Å². The Kier molecular flexibility index (Phi) is 6.17. The average Bonchev–Trinajstić information content (AvgIpc) is 3.25. The van der Waals surface area contributed by atoms with Crippen LogP contribution in [0.15, 0.2) is 36.4 Å². The molecule has 8 nitrogen and oxygen atoms in total. The Labute approximate surface area is 199 Å².